The normalized spacial score (nSPS) is 10.2. The minimum absolute atomic E-state index is 0.145. The van der Waals surface area contributed by atoms with Crippen LogP contribution in [0, 0.1) is 22.5 Å². The maximum atomic E-state index is 11.2. The third kappa shape index (κ3) is 2.91. The van der Waals surface area contributed by atoms with Crippen molar-refractivity contribution < 1.29 is 8.42 Å². The minimum Gasteiger partial charge on any atom is -0.198 e. The van der Waals surface area contributed by atoms with Gasteiger partial charge in [0.15, 0.2) is 0 Å². The van der Waals surface area contributed by atoms with Gasteiger partial charge < -0.3 is 0 Å². The molecule has 0 bridgehead atoms. The van der Waals surface area contributed by atoms with Gasteiger partial charge >= 0.3 is 0 Å². The lowest BCUT2D eigenvalue weighted by atomic mass is 10.6. The summed E-state index contributed by atoms with van der Waals surface area (Å²) in [4.78, 5) is 0. The van der Waals surface area contributed by atoms with Crippen LogP contribution >= 0.6 is 0 Å². The predicted octanol–water partition coefficient (Wildman–Crippen LogP) is 0.142. The van der Waals surface area contributed by atoms with E-state index in [0.29, 0.717) is 0 Å². The van der Waals surface area contributed by atoms with E-state index in [1.54, 1.807) is 13.0 Å². The Morgan fingerprint density at radius 3 is 2.42 bits per heavy atom. The highest BCUT2D eigenvalue weighted by Gasteiger charge is 2.16. The Morgan fingerprint density at radius 2 is 2.08 bits per heavy atom. The zero-order valence-electron chi connectivity index (χ0n) is 7.03. The van der Waals surface area contributed by atoms with Crippen LogP contribution in [0.15, 0.2) is 0 Å². The van der Waals surface area contributed by atoms with Crippen molar-refractivity contribution in [3.05, 3.63) is 0 Å². The molecule has 0 aliphatic carbocycles. The van der Waals surface area contributed by atoms with Crippen molar-refractivity contribution in [1.29, 1.82) is 5.26 Å². The van der Waals surface area contributed by atoms with Crippen molar-refractivity contribution in [3.63, 3.8) is 0 Å². The lowest BCUT2D eigenvalue weighted by molar-refractivity contribution is 0.472. The summed E-state index contributed by atoms with van der Waals surface area (Å²) in [5, 5.41) is 10.3. The van der Waals surface area contributed by atoms with Crippen LogP contribution < -0.4 is 0 Å². The molecule has 0 aliphatic rings. The number of nitriles is 1. The van der Waals surface area contributed by atoms with Gasteiger partial charge in [-0.05, 0) is 6.92 Å². The van der Waals surface area contributed by atoms with Crippen LogP contribution in [-0.4, -0.2) is 25.8 Å². The summed E-state index contributed by atoms with van der Waals surface area (Å²) in [7, 11) is -3.53. The van der Waals surface area contributed by atoms with Crippen LogP contribution in [0.25, 0.3) is 0 Å². The lowest BCUT2D eigenvalue weighted by Gasteiger charge is -2.11. The standard InChI is InChI=1S/C7H10N2O2S/c1-3-7-12(10,11)9(4-2)6-5-8/h4,6H2,1-2H3. The van der Waals surface area contributed by atoms with E-state index < -0.39 is 10.0 Å². The van der Waals surface area contributed by atoms with Crippen LogP contribution in [0.4, 0.5) is 0 Å². The fourth-order valence-corrected chi connectivity index (χ4v) is 1.59. The highest BCUT2D eigenvalue weighted by Crippen LogP contribution is 1.97. The van der Waals surface area contributed by atoms with Gasteiger partial charge in [0.25, 0.3) is 10.0 Å². The Morgan fingerprint density at radius 1 is 1.50 bits per heavy atom. The summed E-state index contributed by atoms with van der Waals surface area (Å²) < 4.78 is 23.3. The van der Waals surface area contributed by atoms with E-state index in [4.69, 9.17) is 5.26 Å². The molecule has 0 amide bonds. The van der Waals surface area contributed by atoms with Crippen LogP contribution in [0.1, 0.15) is 13.8 Å². The maximum Gasteiger partial charge on any atom is 0.283 e. The Bertz CT molecular complexity index is 329. The topological polar surface area (TPSA) is 61.2 Å². The first kappa shape index (κ1) is 11.0. The Balaban J connectivity index is 4.71. The van der Waals surface area contributed by atoms with Gasteiger partial charge in [-0.3, -0.25) is 0 Å². The van der Waals surface area contributed by atoms with Gasteiger partial charge in [-0.15, -0.1) is 0 Å². The largest absolute Gasteiger partial charge is 0.283 e. The summed E-state index contributed by atoms with van der Waals surface area (Å²) >= 11 is 0. The first-order valence-corrected chi connectivity index (χ1v) is 4.83. The molecule has 0 atom stereocenters. The zero-order chi connectivity index (χ0) is 9.61. The molecule has 0 rings (SSSR count). The molecule has 0 aliphatic heterocycles. The number of hydrogen-bond donors (Lipinski definition) is 0. The number of sulfonamides is 1. The third-order valence-corrected chi connectivity index (χ3v) is 2.70. The first-order chi connectivity index (χ1) is 5.58. The SMILES string of the molecule is CC#CS(=O)(=O)N(CC)CC#N. The van der Waals surface area contributed by atoms with Crippen LogP contribution in [0.3, 0.4) is 0 Å². The van der Waals surface area contributed by atoms with E-state index in [-0.39, 0.29) is 13.1 Å². The molecule has 4 nitrogen and oxygen atoms in total. The smallest absolute Gasteiger partial charge is 0.198 e. The highest BCUT2D eigenvalue weighted by atomic mass is 32.2. The van der Waals surface area contributed by atoms with Crippen molar-refractivity contribution in [3.8, 4) is 17.2 Å². The van der Waals surface area contributed by atoms with Gasteiger partial charge in [-0.25, -0.2) is 0 Å². The molecule has 0 saturated carbocycles. The van der Waals surface area contributed by atoms with E-state index in [1.807, 2.05) is 0 Å². The fraction of sp³-hybridized carbons (Fsp3) is 0.571. The van der Waals surface area contributed by atoms with Crippen molar-refractivity contribution >= 4 is 10.0 Å². The summed E-state index contributed by atoms with van der Waals surface area (Å²) in [6.45, 7) is 3.22. The second-order valence-corrected chi connectivity index (χ2v) is 3.61. The second-order valence-electron chi connectivity index (χ2n) is 1.94. The fourth-order valence-electron chi connectivity index (χ4n) is 0.639. The molecular weight excluding hydrogens is 176 g/mol. The van der Waals surface area contributed by atoms with Gasteiger partial charge in [0.2, 0.25) is 0 Å². The molecule has 66 valence electrons. The van der Waals surface area contributed by atoms with Gasteiger partial charge in [0, 0.05) is 11.8 Å². The van der Waals surface area contributed by atoms with E-state index in [1.165, 1.54) is 6.92 Å². The molecule has 0 aromatic carbocycles. The van der Waals surface area contributed by atoms with Crippen molar-refractivity contribution in [2.24, 2.45) is 0 Å². The van der Waals surface area contributed by atoms with Gasteiger partial charge in [-0.2, -0.15) is 18.0 Å². The van der Waals surface area contributed by atoms with Crippen LogP contribution in [0.5, 0.6) is 0 Å². The van der Waals surface area contributed by atoms with Gasteiger partial charge in [0.1, 0.15) is 6.54 Å². The van der Waals surface area contributed by atoms with E-state index in [0.717, 1.165) is 4.31 Å². The first-order valence-electron chi connectivity index (χ1n) is 3.39. The molecule has 0 aromatic heterocycles. The summed E-state index contributed by atoms with van der Waals surface area (Å²) in [5.74, 6) is 2.29. The number of nitrogens with zero attached hydrogens (tertiary/aromatic N) is 2. The summed E-state index contributed by atoms with van der Waals surface area (Å²) in [6, 6.07) is 1.76. The van der Waals surface area contributed by atoms with Gasteiger partial charge in [0.05, 0.1) is 6.07 Å². The number of rotatable bonds is 3. The van der Waals surface area contributed by atoms with Crippen molar-refractivity contribution in [2.45, 2.75) is 13.8 Å². The Labute approximate surface area is 72.8 Å². The van der Waals surface area contributed by atoms with Crippen molar-refractivity contribution in [2.75, 3.05) is 13.1 Å². The Kier molecular flexibility index (Phi) is 4.35. The van der Waals surface area contributed by atoms with Crippen molar-refractivity contribution in [1.82, 2.24) is 4.31 Å². The van der Waals surface area contributed by atoms with E-state index in [9.17, 15) is 8.42 Å². The minimum atomic E-state index is -3.53. The maximum absolute atomic E-state index is 11.2. The summed E-state index contributed by atoms with van der Waals surface area (Å²) in [5.41, 5.74) is 0. The van der Waals surface area contributed by atoms with E-state index >= 15 is 0 Å². The van der Waals surface area contributed by atoms with E-state index in [2.05, 4.69) is 11.2 Å². The molecule has 5 heteroatoms. The average Bonchev–Trinajstić information content (AvgIpc) is 1.99. The van der Waals surface area contributed by atoms with Gasteiger partial charge in [-0.1, -0.05) is 12.8 Å². The molecular formula is C7H10N2O2S. The second kappa shape index (κ2) is 4.76. The molecule has 12 heavy (non-hydrogen) atoms. The molecule has 0 fully saturated rings. The molecule has 0 radical (unpaired) electrons. The molecule has 0 N–H and O–H groups in total. The van der Waals surface area contributed by atoms with Crippen LogP contribution in [0.2, 0.25) is 0 Å². The number of hydrogen-bond acceptors (Lipinski definition) is 3. The average molecular weight is 186 g/mol. The summed E-state index contributed by atoms with van der Waals surface area (Å²) in [6.07, 6.45) is 0. The monoisotopic (exact) mass is 186 g/mol. The Hall–Kier alpha value is -1.04. The highest BCUT2D eigenvalue weighted by molar-refractivity contribution is 7.93. The molecule has 0 spiro atoms. The predicted molar refractivity (Wildman–Crippen MR) is 45.2 cm³/mol. The lowest BCUT2D eigenvalue weighted by Crippen LogP contribution is -2.29. The molecule has 0 saturated heterocycles. The molecule has 0 aromatic rings. The molecule has 0 heterocycles. The molecule has 0 unspecified atom stereocenters. The third-order valence-electron chi connectivity index (χ3n) is 1.17. The zero-order valence-corrected chi connectivity index (χ0v) is 7.85. The quantitative estimate of drug-likeness (QED) is 0.465. The van der Waals surface area contributed by atoms with Crippen LogP contribution in [-0.2, 0) is 10.0 Å².